The molecule has 0 saturated carbocycles. The van der Waals surface area contributed by atoms with Gasteiger partial charge in [-0.3, -0.25) is 19.2 Å². The Hall–Kier alpha value is -5.27. The van der Waals surface area contributed by atoms with Gasteiger partial charge in [-0.2, -0.15) is 8.78 Å². The first-order chi connectivity index (χ1) is 25.2. The predicted octanol–water partition coefficient (Wildman–Crippen LogP) is 4.69. The molecule has 1 heterocycles. The Kier molecular flexibility index (Phi) is 14.1. The van der Waals surface area contributed by atoms with Crippen molar-refractivity contribution < 1.29 is 41.9 Å². The molecule has 3 amide bonds. The number of Topliss-reactive ketones (excluding diaryl/α,β-unsaturated/α-hetero) is 1. The van der Waals surface area contributed by atoms with Crippen LogP contribution in [0, 0.1) is 11.8 Å². The van der Waals surface area contributed by atoms with Gasteiger partial charge in [-0.1, -0.05) is 100 Å². The van der Waals surface area contributed by atoms with Gasteiger partial charge in [-0.05, 0) is 34.7 Å². The number of hydrogen-bond donors (Lipinski definition) is 3. The third-order valence-corrected chi connectivity index (χ3v) is 8.93. The predicted molar refractivity (Wildman–Crippen MR) is 196 cm³/mol. The largest absolute Gasteiger partial charge is 0.489 e. The molecular formula is C40H48F2N5O6+. The van der Waals surface area contributed by atoms with E-state index in [-0.39, 0.29) is 32.1 Å². The molecule has 0 fully saturated rings. The van der Waals surface area contributed by atoms with Crippen LogP contribution in [0.4, 0.5) is 8.78 Å². The summed E-state index contributed by atoms with van der Waals surface area (Å²) in [6.07, 6.45) is 3.91. The van der Waals surface area contributed by atoms with E-state index in [9.17, 15) is 19.2 Å². The van der Waals surface area contributed by atoms with Crippen LogP contribution in [0.5, 0.6) is 5.75 Å². The van der Waals surface area contributed by atoms with Crippen LogP contribution in [0.2, 0.25) is 0 Å². The summed E-state index contributed by atoms with van der Waals surface area (Å²) in [4.78, 5) is 57.2. The number of quaternary nitrogens is 1. The van der Waals surface area contributed by atoms with E-state index in [4.69, 9.17) is 15.2 Å². The van der Waals surface area contributed by atoms with Crippen molar-refractivity contribution in [2.75, 3.05) is 13.2 Å². The van der Waals surface area contributed by atoms with Crippen LogP contribution in [-0.4, -0.2) is 71.5 Å². The minimum absolute atomic E-state index is 0.0770. The molecule has 0 aromatic heterocycles. The maximum atomic E-state index is 16.0. The van der Waals surface area contributed by atoms with Gasteiger partial charge in [-0.25, -0.2) is 9.48 Å². The highest BCUT2D eigenvalue weighted by atomic mass is 19.3. The molecule has 0 radical (unpaired) electrons. The molecule has 13 heteroatoms. The Bertz CT molecular complexity index is 1740. The van der Waals surface area contributed by atoms with Crippen LogP contribution in [-0.2, 0) is 43.5 Å². The first kappa shape index (κ1) is 40.5. The average Bonchev–Trinajstić information content (AvgIpc) is 3.58. The standard InChI is InChI=1S/C40H47F2N5O6/c1-27(2)34(25-52-23-30-11-7-5-8-12-30)46-39(51)40(41,42)37(49)33(21-29-15-17-32(18-16-29)53-24-31-13-9-6-10-14-31)45-38(50)36(28(3)4)47(22-35(43)48)20-19-44-26-47/h5-20,26-28,33-34,36H,21-25H2,1-4H3,(H3-,43,45,46,48,50,51)/p+1. The molecule has 53 heavy (non-hydrogen) atoms. The van der Waals surface area contributed by atoms with E-state index in [0.717, 1.165) is 11.1 Å². The van der Waals surface area contributed by atoms with Gasteiger partial charge in [0.05, 0.1) is 31.5 Å². The first-order valence-electron chi connectivity index (χ1n) is 17.5. The summed E-state index contributed by atoms with van der Waals surface area (Å²) in [5.74, 6) is -9.94. The molecule has 1 aliphatic heterocycles. The fourth-order valence-corrected chi connectivity index (χ4v) is 6.10. The van der Waals surface area contributed by atoms with Crippen molar-refractivity contribution in [3.05, 3.63) is 114 Å². The molecule has 4 atom stereocenters. The van der Waals surface area contributed by atoms with E-state index in [1.807, 2.05) is 60.7 Å². The normalized spacial score (nSPS) is 17.0. The highest BCUT2D eigenvalue weighted by molar-refractivity contribution is 6.10. The molecule has 3 aromatic carbocycles. The number of ether oxygens (including phenoxy) is 2. The number of nitrogens with two attached hydrogens (primary N) is 1. The SMILES string of the molecule is CC(C)C(COCc1ccccc1)NC(=O)C(F)(F)C(=O)C(Cc1ccc(OCc2ccccc2)cc1)NC(=O)C(C(C)C)[N+]1(CC(N)=O)C=CN=C1. The van der Waals surface area contributed by atoms with Gasteiger partial charge in [0.1, 0.15) is 18.6 Å². The maximum Gasteiger partial charge on any atom is 0.383 e. The lowest BCUT2D eigenvalue weighted by molar-refractivity contribution is -0.793. The van der Waals surface area contributed by atoms with Crippen molar-refractivity contribution >= 4 is 29.8 Å². The van der Waals surface area contributed by atoms with E-state index >= 15 is 8.78 Å². The van der Waals surface area contributed by atoms with Crippen LogP contribution in [0.1, 0.15) is 44.4 Å². The number of primary amides is 1. The summed E-state index contributed by atoms with van der Waals surface area (Å²) in [6, 6.07) is 21.4. The highest BCUT2D eigenvalue weighted by Gasteiger charge is 2.52. The van der Waals surface area contributed by atoms with Gasteiger partial charge in [-0.15, -0.1) is 0 Å². The van der Waals surface area contributed by atoms with Gasteiger partial charge >= 0.3 is 5.92 Å². The monoisotopic (exact) mass is 732 g/mol. The van der Waals surface area contributed by atoms with E-state index in [1.165, 1.54) is 18.7 Å². The van der Waals surface area contributed by atoms with Crippen LogP contribution in [0.25, 0.3) is 0 Å². The lowest BCUT2D eigenvalue weighted by Gasteiger charge is -2.37. The summed E-state index contributed by atoms with van der Waals surface area (Å²) in [7, 11) is 0. The molecule has 0 saturated heterocycles. The molecule has 11 nitrogen and oxygen atoms in total. The molecule has 0 spiro atoms. The zero-order valence-electron chi connectivity index (χ0n) is 30.4. The molecule has 3 aromatic rings. The van der Waals surface area contributed by atoms with Crippen molar-refractivity contribution in [3.8, 4) is 5.75 Å². The zero-order chi connectivity index (χ0) is 38.6. The van der Waals surface area contributed by atoms with Gasteiger partial charge in [0.25, 0.3) is 17.7 Å². The van der Waals surface area contributed by atoms with E-state index in [1.54, 1.807) is 52.0 Å². The van der Waals surface area contributed by atoms with Gasteiger partial charge in [0, 0.05) is 12.3 Å². The molecular weight excluding hydrogens is 684 g/mol. The maximum absolute atomic E-state index is 16.0. The number of benzene rings is 3. The number of rotatable bonds is 20. The van der Waals surface area contributed by atoms with Crippen molar-refractivity contribution in [1.82, 2.24) is 10.6 Å². The third kappa shape index (κ3) is 11.1. The first-order valence-corrected chi connectivity index (χ1v) is 17.5. The van der Waals surface area contributed by atoms with Crippen molar-refractivity contribution in [1.29, 1.82) is 0 Å². The molecule has 4 N–H and O–H groups in total. The highest BCUT2D eigenvalue weighted by Crippen LogP contribution is 2.26. The quantitative estimate of drug-likeness (QED) is 0.113. The molecule has 0 aliphatic carbocycles. The summed E-state index contributed by atoms with van der Waals surface area (Å²) < 4.78 is 43.1. The summed E-state index contributed by atoms with van der Waals surface area (Å²) in [5.41, 5.74) is 7.76. The molecule has 1 aliphatic rings. The number of nitrogens with zero attached hydrogens (tertiary/aromatic N) is 2. The molecule has 4 rings (SSSR count). The Morgan fingerprint density at radius 2 is 1.42 bits per heavy atom. The Morgan fingerprint density at radius 1 is 0.811 bits per heavy atom. The number of alkyl halides is 2. The minimum atomic E-state index is -4.54. The number of amides is 3. The number of hydrogen-bond acceptors (Lipinski definition) is 7. The number of ketones is 1. The van der Waals surface area contributed by atoms with E-state index in [2.05, 4.69) is 15.6 Å². The number of carbonyl (C=O) groups excluding carboxylic acids is 4. The van der Waals surface area contributed by atoms with Crippen molar-refractivity contribution in [2.24, 2.45) is 22.6 Å². The number of aliphatic imine (C=N–C) groups is 1. The fourth-order valence-electron chi connectivity index (χ4n) is 6.10. The minimum Gasteiger partial charge on any atom is -0.489 e. The van der Waals surface area contributed by atoms with Gasteiger partial charge in [0.15, 0.2) is 18.9 Å². The van der Waals surface area contributed by atoms with Crippen molar-refractivity contribution in [2.45, 2.75) is 71.4 Å². The van der Waals surface area contributed by atoms with Crippen LogP contribution < -0.4 is 21.1 Å². The molecule has 282 valence electrons. The Balaban J connectivity index is 1.56. The fraction of sp³-hybridized carbons (Fsp3) is 0.375. The molecule has 0 bridgehead atoms. The Labute approximate surface area is 308 Å². The zero-order valence-corrected chi connectivity index (χ0v) is 30.4. The van der Waals surface area contributed by atoms with E-state index in [0.29, 0.717) is 17.9 Å². The second kappa shape index (κ2) is 18.5. The summed E-state index contributed by atoms with van der Waals surface area (Å²) >= 11 is 0. The topological polar surface area (TPSA) is 149 Å². The Morgan fingerprint density at radius 3 is 1.94 bits per heavy atom. The lowest BCUT2D eigenvalue weighted by atomic mass is 9.94. The second-order valence-corrected chi connectivity index (χ2v) is 13.8. The number of halogens is 2. The van der Waals surface area contributed by atoms with Crippen LogP contribution in [0.15, 0.2) is 102 Å². The van der Waals surface area contributed by atoms with Crippen LogP contribution >= 0.6 is 0 Å². The number of nitrogens with one attached hydrogen (secondary N) is 2. The second-order valence-electron chi connectivity index (χ2n) is 13.8. The van der Waals surface area contributed by atoms with Crippen molar-refractivity contribution in [3.63, 3.8) is 0 Å². The van der Waals surface area contributed by atoms with Gasteiger partial charge < -0.3 is 25.8 Å². The third-order valence-electron chi connectivity index (χ3n) is 8.93. The van der Waals surface area contributed by atoms with E-state index < -0.39 is 58.0 Å². The van der Waals surface area contributed by atoms with Crippen LogP contribution in [0.3, 0.4) is 0 Å². The summed E-state index contributed by atoms with van der Waals surface area (Å²) in [5, 5.41) is 4.80. The summed E-state index contributed by atoms with van der Waals surface area (Å²) in [6.45, 7) is 6.99. The molecule has 4 unspecified atom stereocenters. The smallest absolute Gasteiger partial charge is 0.383 e. The number of carbonyl (C=O) groups is 4. The van der Waals surface area contributed by atoms with Gasteiger partial charge in [0.2, 0.25) is 5.78 Å². The average molecular weight is 733 g/mol. The lowest BCUT2D eigenvalue weighted by Crippen LogP contribution is -2.64.